The Hall–Kier alpha value is -1.24. The van der Waals surface area contributed by atoms with E-state index in [1.54, 1.807) is 0 Å². The van der Waals surface area contributed by atoms with Crippen LogP contribution < -0.4 is 5.32 Å². The summed E-state index contributed by atoms with van der Waals surface area (Å²) >= 11 is 0. The van der Waals surface area contributed by atoms with Crippen LogP contribution in [0, 0.1) is 6.92 Å². The lowest BCUT2D eigenvalue weighted by molar-refractivity contribution is 1.39. The molecule has 0 spiro atoms. The Bertz CT molecular complexity index is 269. The number of aryl methyl sites for hydroxylation is 1. The van der Waals surface area contributed by atoms with E-state index >= 15 is 0 Å². The monoisotopic (exact) mass is 149 g/mol. The van der Waals surface area contributed by atoms with Crippen molar-refractivity contribution in [2.75, 3.05) is 12.4 Å². The zero-order valence-corrected chi connectivity index (χ0v) is 7.02. The van der Waals surface area contributed by atoms with Crippen molar-refractivity contribution in [2.45, 2.75) is 6.92 Å². The van der Waals surface area contributed by atoms with E-state index in [2.05, 4.69) is 24.9 Å². The van der Waals surface area contributed by atoms with Crippen LogP contribution in [0.1, 0.15) is 12.6 Å². The second kappa shape index (κ2) is 3.24. The second-order valence-electron chi connectivity index (χ2n) is 2.49. The van der Waals surface area contributed by atoms with Gasteiger partial charge in [-0.05, 0) is 18.1 Å². The summed E-state index contributed by atoms with van der Waals surface area (Å²) in [5.74, 6) is 0. The summed E-state index contributed by atoms with van der Waals surface area (Å²) in [7, 11) is 1.93. The molecule has 0 atom stereocenters. The predicted octanol–water partition coefficient (Wildman–Crippen LogP) is 2.93. The maximum absolute atomic E-state index is 3.74. The van der Waals surface area contributed by atoms with Gasteiger partial charge in [-0.2, -0.15) is 0 Å². The normalized spacial score (nSPS) is 9.27. The van der Waals surface area contributed by atoms with Gasteiger partial charge in [0, 0.05) is 14.2 Å². The molecule has 1 N–H and O–H groups in total. The molecule has 1 aromatic carbocycles. The van der Waals surface area contributed by atoms with E-state index in [1.165, 1.54) is 11.3 Å². The van der Waals surface area contributed by atoms with E-state index in [1.807, 2.05) is 25.3 Å². The molecule has 1 rings (SSSR count). The van der Waals surface area contributed by atoms with E-state index in [4.69, 9.17) is 0 Å². The molecule has 1 nitrogen and oxygen atoms in total. The summed E-state index contributed by atoms with van der Waals surface area (Å²) in [6.45, 7) is 5.82. The molecule has 11 heavy (non-hydrogen) atoms. The van der Waals surface area contributed by atoms with Crippen molar-refractivity contribution < 1.29 is 1.43 Å². The average molecular weight is 149 g/mol. The van der Waals surface area contributed by atoms with Gasteiger partial charge in [-0.3, -0.25) is 0 Å². The Labute approximate surface area is 69.2 Å². The highest BCUT2D eigenvalue weighted by Crippen LogP contribution is 2.20. The molecular formula is C10H15N. The SMILES string of the molecule is C=Cc1cccc(C)c1NC.[HH]. The molecule has 0 saturated heterocycles. The van der Waals surface area contributed by atoms with Gasteiger partial charge >= 0.3 is 0 Å². The lowest BCUT2D eigenvalue weighted by atomic mass is 10.1. The first-order chi connectivity index (χ1) is 5.29. The van der Waals surface area contributed by atoms with Crippen LogP contribution in [0.25, 0.3) is 6.08 Å². The molecule has 0 aliphatic carbocycles. The largest absolute Gasteiger partial charge is 0.387 e. The van der Waals surface area contributed by atoms with E-state index in [9.17, 15) is 0 Å². The van der Waals surface area contributed by atoms with Crippen molar-refractivity contribution in [1.82, 2.24) is 0 Å². The number of hydrogen-bond donors (Lipinski definition) is 1. The van der Waals surface area contributed by atoms with Gasteiger partial charge in [-0.1, -0.05) is 30.9 Å². The highest BCUT2D eigenvalue weighted by molar-refractivity contribution is 5.68. The van der Waals surface area contributed by atoms with Gasteiger partial charge < -0.3 is 5.32 Å². The third-order valence-corrected chi connectivity index (χ3v) is 1.77. The molecule has 0 radical (unpaired) electrons. The fourth-order valence-corrected chi connectivity index (χ4v) is 1.20. The summed E-state index contributed by atoms with van der Waals surface area (Å²) in [5, 5.41) is 3.14. The Morgan fingerprint density at radius 3 is 2.73 bits per heavy atom. The molecule has 0 fully saturated rings. The lowest BCUT2D eigenvalue weighted by Crippen LogP contribution is -1.93. The van der Waals surface area contributed by atoms with Gasteiger partial charge in [-0.25, -0.2) is 0 Å². The van der Waals surface area contributed by atoms with Crippen molar-refractivity contribution >= 4 is 11.8 Å². The summed E-state index contributed by atoms with van der Waals surface area (Å²) in [4.78, 5) is 0. The van der Waals surface area contributed by atoms with Gasteiger partial charge in [0.15, 0.2) is 0 Å². The zero-order valence-electron chi connectivity index (χ0n) is 7.02. The standard InChI is InChI=1S/C10H13N.H2/c1-4-9-7-5-6-8(2)10(9)11-3;/h4-7,11H,1H2,2-3H3;1H. The number of para-hydroxylation sites is 1. The lowest BCUT2D eigenvalue weighted by Gasteiger charge is -2.07. The van der Waals surface area contributed by atoms with Crippen LogP contribution in [0.15, 0.2) is 24.8 Å². The van der Waals surface area contributed by atoms with Crippen molar-refractivity contribution in [2.24, 2.45) is 0 Å². The van der Waals surface area contributed by atoms with Gasteiger partial charge in [0.05, 0.1) is 0 Å². The van der Waals surface area contributed by atoms with Crippen molar-refractivity contribution in [1.29, 1.82) is 0 Å². The molecule has 1 heteroatoms. The molecule has 0 saturated carbocycles. The smallest absolute Gasteiger partial charge is 0.0440 e. The Kier molecular flexibility index (Phi) is 2.32. The van der Waals surface area contributed by atoms with Gasteiger partial charge in [-0.15, -0.1) is 0 Å². The van der Waals surface area contributed by atoms with E-state index in [0.29, 0.717) is 0 Å². The average Bonchev–Trinajstić information content (AvgIpc) is 2.04. The van der Waals surface area contributed by atoms with E-state index in [-0.39, 0.29) is 1.43 Å². The molecule has 0 bridgehead atoms. The fraction of sp³-hybridized carbons (Fsp3) is 0.200. The molecule has 0 unspecified atom stereocenters. The van der Waals surface area contributed by atoms with Crippen LogP contribution in [0.3, 0.4) is 0 Å². The van der Waals surface area contributed by atoms with Crippen LogP contribution in [0.5, 0.6) is 0 Å². The molecule has 0 heterocycles. The van der Waals surface area contributed by atoms with Gasteiger partial charge in [0.1, 0.15) is 0 Å². The van der Waals surface area contributed by atoms with E-state index < -0.39 is 0 Å². The van der Waals surface area contributed by atoms with Gasteiger partial charge in [0.25, 0.3) is 0 Å². The third-order valence-electron chi connectivity index (χ3n) is 1.77. The first-order valence-electron chi connectivity index (χ1n) is 3.69. The Balaban J connectivity index is 0.00000121. The first-order valence-corrected chi connectivity index (χ1v) is 3.69. The van der Waals surface area contributed by atoms with Crippen LogP contribution in [-0.2, 0) is 0 Å². The fourth-order valence-electron chi connectivity index (χ4n) is 1.20. The molecule has 0 amide bonds. The first kappa shape index (κ1) is 7.86. The van der Waals surface area contributed by atoms with Crippen LogP contribution in [-0.4, -0.2) is 7.05 Å². The van der Waals surface area contributed by atoms with Crippen molar-refractivity contribution in [3.05, 3.63) is 35.9 Å². The maximum Gasteiger partial charge on any atom is 0.0440 e. The second-order valence-corrected chi connectivity index (χ2v) is 2.49. The summed E-state index contributed by atoms with van der Waals surface area (Å²) in [6, 6.07) is 6.16. The predicted molar refractivity (Wildman–Crippen MR) is 52.9 cm³/mol. The van der Waals surface area contributed by atoms with Gasteiger partial charge in [0.2, 0.25) is 0 Å². The van der Waals surface area contributed by atoms with E-state index in [0.717, 1.165) is 5.56 Å². The van der Waals surface area contributed by atoms with Crippen molar-refractivity contribution in [3.8, 4) is 0 Å². The Morgan fingerprint density at radius 1 is 1.55 bits per heavy atom. The number of nitrogens with one attached hydrogen (secondary N) is 1. The highest BCUT2D eigenvalue weighted by Gasteiger charge is 1.97. The maximum atomic E-state index is 3.74. The molecule has 0 aliphatic heterocycles. The molecule has 0 aliphatic rings. The minimum absolute atomic E-state index is 0. The molecule has 0 aromatic heterocycles. The number of benzene rings is 1. The molecule has 1 aromatic rings. The highest BCUT2D eigenvalue weighted by atomic mass is 14.8. The van der Waals surface area contributed by atoms with Crippen LogP contribution in [0.4, 0.5) is 5.69 Å². The number of anilines is 1. The summed E-state index contributed by atoms with van der Waals surface area (Å²) < 4.78 is 0. The third kappa shape index (κ3) is 1.43. The summed E-state index contributed by atoms with van der Waals surface area (Å²) in [6.07, 6.45) is 1.86. The van der Waals surface area contributed by atoms with Crippen LogP contribution >= 0.6 is 0 Å². The summed E-state index contributed by atoms with van der Waals surface area (Å²) in [5.41, 5.74) is 3.58. The van der Waals surface area contributed by atoms with Crippen molar-refractivity contribution in [3.63, 3.8) is 0 Å². The Morgan fingerprint density at radius 2 is 2.27 bits per heavy atom. The molecule has 60 valence electrons. The zero-order chi connectivity index (χ0) is 8.27. The number of hydrogen-bond acceptors (Lipinski definition) is 1. The quantitative estimate of drug-likeness (QED) is 0.681. The topological polar surface area (TPSA) is 12.0 Å². The van der Waals surface area contributed by atoms with Crippen LogP contribution in [0.2, 0.25) is 0 Å². The minimum Gasteiger partial charge on any atom is -0.387 e. The minimum atomic E-state index is 0. The molecular weight excluding hydrogens is 134 g/mol. The number of rotatable bonds is 2.